The molecule has 0 N–H and O–H groups in total. The number of anilines is 2. The van der Waals surface area contributed by atoms with Gasteiger partial charge >= 0.3 is 0 Å². The van der Waals surface area contributed by atoms with Gasteiger partial charge < -0.3 is 9.80 Å². The van der Waals surface area contributed by atoms with E-state index in [1.807, 2.05) is 0 Å². The van der Waals surface area contributed by atoms with Crippen LogP contribution in [0, 0.1) is 0 Å². The van der Waals surface area contributed by atoms with Gasteiger partial charge in [0.2, 0.25) is 0 Å². The van der Waals surface area contributed by atoms with E-state index in [4.69, 9.17) is 0 Å². The zero-order valence-electron chi connectivity index (χ0n) is 17.6. The lowest BCUT2D eigenvalue weighted by Crippen LogP contribution is -2.38. The molecule has 4 aromatic carbocycles. The Kier molecular flexibility index (Phi) is 6.14. The minimum atomic E-state index is 0.126. The number of hydrogen-bond donors (Lipinski definition) is 0. The highest BCUT2D eigenvalue weighted by Crippen LogP contribution is 2.41. The Morgan fingerprint density at radius 3 is 0.967 bits per heavy atom. The molecule has 0 heterocycles. The van der Waals surface area contributed by atoms with E-state index in [1.54, 1.807) is 0 Å². The van der Waals surface area contributed by atoms with Crippen molar-refractivity contribution in [3.8, 4) is 0 Å². The molecule has 2 heteroatoms. The van der Waals surface area contributed by atoms with E-state index in [0.29, 0.717) is 0 Å². The molecular formula is C28H28N2. The molecule has 0 aromatic heterocycles. The number of para-hydroxylation sites is 2. The van der Waals surface area contributed by atoms with Crippen LogP contribution in [0.15, 0.2) is 121 Å². The van der Waals surface area contributed by atoms with E-state index in [-0.39, 0.29) is 12.1 Å². The van der Waals surface area contributed by atoms with E-state index < -0.39 is 0 Å². The summed E-state index contributed by atoms with van der Waals surface area (Å²) in [7, 11) is 4.39. The van der Waals surface area contributed by atoms with E-state index in [1.165, 1.54) is 22.5 Å². The van der Waals surface area contributed by atoms with Crippen molar-refractivity contribution in [1.29, 1.82) is 0 Å². The first-order valence-corrected chi connectivity index (χ1v) is 10.4. The second kappa shape index (κ2) is 9.32. The first kappa shape index (κ1) is 19.8. The number of rotatable bonds is 7. The summed E-state index contributed by atoms with van der Waals surface area (Å²) in [5.41, 5.74) is 4.99. The molecule has 4 rings (SSSR count). The summed E-state index contributed by atoms with van der Waals surface area (Å²) in [4.78, 5) is 4.79. The highest BCUT2D eigenvalue weighted by Gasteiger charge is 2.32. The van der Waals surface area contributed by atoms with Crippen molar-refractivity contribution in [3.05, 3.63) is 132 Å². The van der Waals surface area contributed by atoms with Crippen LogP contribution in [-0.4, -0.2) is 14.1 Å². The quantitative estimate of drug-likeness (QED) is 0.343. The molecular weight excluding hydrogens is 364 g/mol. The van der Waals surface area contributed by atoms with E-state index >= 15 is 0 Å². The molecule has 0 aliphatic heterocycles. The Hall–Kier alpha value is -3.52. The topological polar surface area (TPSA) is 6.48 Å². The van der Waals surface area contributed by atoms with E-state index in [9.17, 15) is 0 Å². The molecule has 0 saturated carbocycles. The zero-order valence-corrected chi connectivity index (χ0v) is 17.6. The molecule has 4 aromatic rings. The van der Waals surface area contributed by atoms with Gasteiger partial charge in [-0.05, 0) is 35.4 Å². The summed E-state index contributed by atoms with van der Waals surface area (Å²) in [6.07, 6.45) is 0. The maximum atomic E-state index is 2.40. The van der Waals surface area contributed by atoms with Gasteiger partial charge in [0.05, 0.1) is 12.1 Å². The van der Waals surface area contributed by atoms with Crippen molar-refractivity contribution in [3.63, 3.8) is 0 Å². The largest absolute Gasteiger partial charge is 0.365 e. The highest BCUT2D eigenvalue weighted by molar-refractivity contribution is 5.54. The molecule has 0 aliphatic carbocycles. The second-order valence-corrected chi connectivity index (χ2v) is 7.60. The maximum absolute atomic E-state index is 2.40. The Balaban J connectivity index is 1.87. The molecule has 0 bridgehead atoms. The summed E-state index contributed by atoms with van der Waals surface area (Å²) >= 11 is 0. The van der Waals surface area contributed by atoms with Crippen LogP contribution in [0.5, 0.6) is 0 Å². The van der Waals surface area contributed by atoms with Crippen molar-refractivity contribution >= 4 is 11.4 Å². The Labute approximate surface area is 180 Å². The monoisotopic (exact) mass is 392 g/mol. The SMILES string of the molecule is CN(c1ccccc1)C(c1ccccc1)C(c1ccccc1)N(C)c1ccccc1. The van der Waals surface area contributed by atoms with Crippen LogP contribution in [0.1, 0.15) is 23.2 Å². The van der Waals surface area contributed by atoms with Crippen molar-refractivity contribution in [2.45, 2.75) is 12.1 Å². The van der Waals surface area contributed by atoms with Crippen LogP contribution in [0.3, 0.4) is 0 Å². The molecule has 0 amide bonds. The summed E-state index contributed by atoms with van der Waals surface area (Å²) in [5, 5.41) is 0. The fraction of sp³-hybridized carbons (Fsp3) is 0.143. The predicted molar refractivity (Wildman–Crippen MR) is 128 cm³/mol. The molecule has 0 saturated heterocycles. The minimum Gasteiger partial charge on any atom is -0.365 e. The molecule has 150 valence electrons. The van der Waals surface area contributed by atoms with Crippen LogP contribution < -0.4 is 9.80 Å². The molecule has 0 aliphatic rings. The van der Waals surface area contributed by atoms with Crippen LogP contribution in [-0.2, 0) is 0 Å². The third-order valence-corrected chi connectivity index (χ3v) is 5.74. The molecule has 0 spiro atoms. The molecule has 0 radical (unpaired) electrons. The van der Waals surface area contributed by atoms with Gasteiger partial charge in [-0.15, -0.1) is 0 Å². The Morgan fingerprint density at radius 2 is 0.667 bits per heavy atom. The molecule has 30 heavy (non-hydrogen) atoms. The highest BCUT2D eigenvalue weighted by atomic mass is 15.2. The number of hydrogen-bond acceptors (Lipinski definition) is 2. The van der Waals surface area contributed by atoms with Crippen LogP contribution in [0.4, 0.5) is 11.4 Å². The lowest BCUT2D eigenvalue weighted by molar-refractivity contribution is 0.521. The Bertz CT molecular complexity index is 930. The average molecular weight is 393 g/mol. The fourth-order valence-electron chi connectivity index (χ4n) is 4.18. The molecule has 2 nitrogen and oxygen atoms in total. The van der Waals surface area contributed by atoms with Crippen LogP contribution in [0.25, 0.3) is 0 Å². The van der Waals surface area contributed by atoms with Gasteiger partial charge in [0.15, 0.2) is 0 Å². The van der Waals surface area contributed by atoms with Gasteiger partial charge in [0, 0.05) is 25.5 Å². The van der Waals surface area contributed by atoms with Crippen molar-refractivity contribution in [1.82, 2.24) is 0 Å². The van der Waals surface area contributed by atoms with E-state index in [2.05, 4.69) is 145 Å². The third kappa shape index (κ3) is 4.23. The van der Waals surface area contributed by atoms with Crippen molar-refractivity contribution in [2.75, 3.05) is 23.9 Å². The molecule has 2 unspecified atom stereocenters. The lowest BCUT2D eigenvalue weighted by Gasteiger charge is -2.42. The first-order valence-electron chi connectivity index (χ1n) is 10.4. The summed E-state index contributed by atoms with van der Waals surface area (Å²) in [5.74, 6) is 0. The Morgan fingerprint density at radius 1 is 0.400 bits per heavy atom. The number of likely N-dealkylation sites (N-methyl/N-ethyl adjacent to an activating group) is 2. The first-order chi connectivity index (χ1) is 14.8. The number of benzene rings is 4. The van der Waals surface area contributed by atoms with Gasteiger partial charge in [-0.3, -0.25) is 0 Å². The summed E-state index contributed by atoms with van der Waals surface area (Å²) in [6.45, 7) is 0. The standard InChI is InChI=1S/C28H28N2/c1-29(25-19-11-5-12-20-25)27(23-15-7-3-8-16-23)28(24-17-9-4-10-18-24)30(2)26-21-13-6-14-22-26/h3-22,27-28H,1-2H3. The summed E-state index contributed by atoms with van der Waals surface area (Å²) < 4.78 is 0. The minimum absolute atomic E-state index is 0.126. The second-order valence-electron chi connectivity index (χ2n) is 7.60. The average Bonchev–Trinajstić information content (AvgIpc) is 2.84. The van der Waals surface area contributed by atoms with Gasteiger partial charge in [-0.1, -0.05) is 97.1 Å². The van der Waals surface area contributed by atoms with Crippen LogP contribution in [0.2, 0.25) is 0 Å². The number of nitrogens with zero attached hydrogens (tertiary/aromatic N) is 2. The van der Waals surface area contributed by atoms with Crippen molar-refractivity contribution in [2.24, 2.45) is 0 Å². The van der Waals surface area contributed by atoms with Gasteiger partial charge in [0.1, 0.15) is 0 Å². The van der Waals surface area contributed by atoms with Crippen LogP contribution >= 0.6 is 0 Å². The smallest absolute Gasteiger partial charge is 0.0784 e. The lowest BCUT2D eigenvalue weighted by atomic mass is 9.90. The summed E-state index contributed by atoms with van der Waals surface area (Å²) in [6, 6.07) is 43.2. The maximum Gasteiger partial charge on any atom is 0.0784 e. The third-order valence-electron chi connectivity index (χ3n) is 5.74. The van der Waals surface area contributed by atoms with Gasteiger partial charge in [-0.25, -0.2) is 0 Å². The normalized spacial score (nSPS) is 12.7. The van der Waals surface area contributed by atoms with Gasteiger partial charge in [-0.2, -0.15) is 0 Å². The van der Waals surface area contributed by atoms with E-state index in [0.717, 1.165) is 0 Å². The molecule has 2 atom stereocenters. The predicted octanol–water partition coefficient (Wildman–Crippen LogP) is 6.74. The van der Waals surface area contributed by atoms with Gasteiger partial charge in [0.25, 0.3) is 0 Å². The van der Waals surface area contributed by atoms with Crippen molar-refractivity contribution < 1.29 is 0 Å². The fourth-order valence-corrected chi connectivity index (χ4v) is 4.18. The zero-order chi connectivity index (χ0) is 20.8. The molecule has 0 fully saturated rings.